The van der Waals surface area contributed by atoms with Gasteiger partial charge in [-0.15, -0.1) is 0 Å². The molecule has 78 valence electrons. The Balaban J connectivity index is 2.21. The highest BCUT2D eigenvalue weighted by molar-refractivity contribution is 5.99. The molecule has 5 nitrogen and oxygen atoms in total. The van der Waals surface area contributed by atoms with E-state index in [4.69, 9.17) is 9.84 Å². The van der Waals surface area contributed by atoms with Crippen molar-refractivity contribution in [2.24, 2.45) is 5.41 Å². The molecule has 0 spiro atoms. The molecule has 1 saturated carbocycles. The van der Waals surface area contributed by atoms with E-state index in [9.17, 15) is 9.59 Å². The van der Waals surface area contributed by atoms with Gasteiger partial charge in [0.2, 0.25) is 0 Å². The van der Waals surface area contributed by atoms with Gasteiger partial charge in [-0.1, -0.05) is 0 Å². The van der Waals surface area contributed by atoms with E-state index < -0.39 is 17.4 Å². The van der Waals surface area contributed by atoms with Crippen LogP contribution in [0.25, 0.3) is 0 Å². The first-order valence-electron chi connectivity index (χ1n) is 4.57. The van der Waals surface area contributed by atoms with Gasteiger partial charge in [-0.25, -0.2) is 0 Å². The number of carboxylic acid groups (broad SMARTS) is 1. The summed E-state index contributed by atoms with van der Waals surface area (Å²) in [6.07, 6.45) is 1.31. The van der Waals surface area contributed by atoms with Crippen LogP contribution >= 0.6 is 0 Å². The summed E-state index contributed by atoms with van der Waals surface area (Å²) in [5.41, 5.74) is -1.37. The summed E-state index contributed by atoms with van der Waals surface area (Å²) < 4.78 is 9.75. The molecule has 1 saturated heterocycles. The number of ether oxygens (including phenoxy) is 2. The highest BCUT2D eigenvalue weighted by atomic mass is 16.6. The van der Waals surface area contributed by atoms with Crippen molar-refractivity contribution in [1.82, 2.24) is 0 Å². The maximum Gasteiger partial charge on any atom is 0.323 e. The Morgan fingerprint density at radius 3 is 2.71 bits per heavy atom. The lowest BCUT2D eigenvalue weighted by Crippen LogP contribution is -2.43. The van der Waals surface area contributed by atoms with Gasteiger partial charge >= 0.3 is 11.9 Å². The first-order chi connectivity index (χ1) is 6.60. The quantitative estimate of drug-likeness (QED) is 0.391. The molecule has 1 N–H and O–H groups in total. The third-order valence-electron chi connectivity index (χ3n) is 3.08. The summed E-state index contributed by atoms with van der Waals surface area (Å²) in [7, 11) is 1.22. The van der Waals surface area contributed by atoms with Crippen LogP contribution in [0.3, 0.4) is 0 Å². The average molecular weight is 200 g/mol. The topological polar surface area (TPSA) is 76.1 Å². The summed E-state index contributed by atoms with van der Waals surface area (Å²) in [5.74, 6) is -1.75. The second kappa shape index (κ2) is 2.95. The van der Waals surface area contributed by atoms with Crippen LogP contribution in [0.5, 0.6) is 0 Å². The highest BCUT2D eigenvalue weighted by Gasteiger charge is 2.58. The number of aliphatic carboxylic acids is 1. The lowest BCUT2D eigenvalue weighted by molar-refractivity contribution is -0.169. The molecule has 1 aliphatic carbocycles. The third kappa shape index (κ3) is 1.19. The van der Waals surface area contributed by atoms with Crippen LogP contribution in [-0.4, -0.2) is 36.4 Å². The Morgan fingerprint density at radius 1 is 1.50 bits per heavy atom. The minimum atomic E-state index is -1.37. The molecule has 3 unspecified atom stereocenters. The van der Waals surface area contributed by atoms with Crippen molar-refractivity contribution >= 4 is 11.9 Å². The first-order valence-corrected chi connectivity index (χ1v) is 4.57. The van der Waals surface area contributed by atoms with E-state index in [2.05, 4.69) is 4.74 Å². The maximum absolute atomic E-state index is 11.4. The van der Waals surface area contributed by atoms with E-state index in [0.717, 1.165) is 0 Å². The van der Waals surface area contributed by atoms with Gasteiger partial charge in [0.15, 0.2) is 5.41 Å². The average Bonchev–Trinajstić information content (AvgIpc) is 2.93. The monoisotopic (exact) mass is 200 g/mol. The summed E-state index contributed by atoms with van der Waals surface area (Å²) in [6.45, 7) is 0. The molecule has 2 fully saturated rings. The first kappa shape index (κ1) is 9.45. The summed E-state index contributed by atoms with van der Waals surface area (Å²) in [5, 5.41) is 9.07. The molecule has 0 bridgehead atoms. The normalized spacial score (nSPS) is 39.8. The smallest absolute Gasteiger partial charge is 0.323 e. The number of methoxy groups -OCH3 is 1. The van der Waals surface area contributed by atoms with Crippen LogP contribution in [0.1, 0.15) is 19.3 Å². The molecular formula is C9H12O5. The maximum atomic E-state index is 11.4. The van der Waals surface area contributed by atoms with Crippen molar-refractivity contribution in [2.75, 3.05) is 7.11 Å². The molecule has 0 aromatic rings. The molecule has 0 amide bonds. The number of esters is 1. The minimum absolute atomic E-state index is 0.0565. The van der Waals surface area contributed by atoms with Crippen molar-refractivity contribution < 1.29 is 24.2 Å². The Labute approximate surface area is 81.0 Å². The molecule has 0 aromatic heterocycles. The van der Waals surface area contributed by atoms with Crippen molar-refractivity contribution in [1.29, 1.82) is 0 Å². The number of hydrogen-bond acceptors (Lipinski definition) is 4. The Hall–Kier alpha value is -1.10. The summed E-state index contributed by atoms with van der Waals surface area (Å²) in [6, 6.07) is 0. The Morgan fingerprint density at radius 2 is 2.21 bits per heavy atom. The van der Waals surface area contributed by atoms with Gasteiger partial charge in [-0.05, 0) is 12.8 Å². The van der Waals surface area contributed by atoms with Gasteiger partial charge in [0.05, 0.1) is 19.3 Å². The van der Waals surface area contributed by atoms with Crippen LogP contribution < -0.4 is 0 Å². The lowest BCUT2D eigenvalue weighted by Gasteiger charge is -2.27. The number of rotatable bonds is 2. The van der Waals surface area contributed by atoms with Gasteiger partial charge in [0, 0.05) is 6.42 Å². The number of carbonyl (C=O) groups excluding carboxylic acids is 1. The zero-order valence-electron chi connectivity index (χ0n) is 7.86. The molecule has 0 aromatic carbocycles. The zero-order valence-corrected chi connectivity index (χ0v) is 7.86. The standard InChI is InChI=1S/C9H12O5/c1-13-8(12)9(7(10)11)3-2-5-6(4-9)14-5/h5-6H,2-4H2,1H3,(H,10,11). The van der Waals surface area contributed by atoms with Crippen LogP contribution in [0, 0.1) is 5.41 Å². The molecule has 14 heavy (non-hydrogen) atoms. The second-order valence-electron chi connectivity index (χ2n) is 3.83. The van der Waals surface area contributed by atoms with Crippen molar-refractivity contribution in [2.45, 2.75) is 31.5 Å². The van der Waals surface area contributed by atoms with Crippen molar-refractivity contribution in [3.05, 3.63) is 0 Å². The van der Waals surface area contributed by atoms with Crippen molar-refractivity contribution in [3.63, 3.8) is 0 Å². The predicted octanol–water partition coefficient (Wildman–Crippen LogP) is 0.182. The number of carboxylic acids is 1. The summed E-state index contributed by atoms with van der Waals surface area (Å²) in [4.78, 5) is 22.5. The number of epoxide rings is 1. The van der Waals surface area contributed by atoms with E-state index in [1.54, 1.807) is 0 Å². The molecular weight excluding hydrogens is 188 g/mol. The molecule has 3 atom stereocenters. The minimum Gasteiger partial charge on any atom is -0.480 e. The van der Waals surface area contributed by atoms with Gasteiger partial charge < -0.3 is 14.6 Å². The van der Waals surface area contributed by atoms with E-state index in [1.807, 2.05) is 0 Å². The number of carbonyl (C=O) groups is 2. The van der Waals surface area contributed by atoms with Gasteiger partial charge in [-0.3, -0.25) is 9.59 Å². The summed E-state index contributed by atoms with van der Waals surface area (Å²) >= 11 is 0. The highest BCUT2D eigenvalue weighted by Crippen LogP contribution is 2.47. The number of hydrogen-bond donors (Lipinski definition) is 1. The van der Waals surface area contributed by atoms with Crippen LogP contribution in [-0.2, 0) is 19.1 Å². The molecule has 2 aliphatic rings. The molecule has 1 heterocycles. The molecule has 0 radical (unpaired) electrons. The SMILES string of the molecule is COC(=O)C1(C(=O)O)CCC2OC2C1. The fourth-order valence-corrected chi connectivity index (χ4v) is 2.11. The second-order valence-corrected chi connectivity index (χ2v) is 3.83. The van der Waals surface area contributed by atoms with Gasteiger partial charge in [0.25, 0.3) is 0 Å². The zero-order chi connectivity index (χ0) is 10.3. The van der Waals surface area contributed by atoms with Crippen LogP contribution in [0.2, 0.25) is 0 Å². The van der Waals surface area contributed by atoms with Crippen LogP contribution in [0.4, 0.5) is 0 Å². The van der Waals surface area contributed by atoms with Crippen LogP contribution in [0.15, 0.2) is 0 Å². The Kier molecular flexibility index (Phi) is 1.99. The lowest BCUT2D eigenvalue weighted by atomic mass is 9.74. The Bertz CT molecular complexity index is 287. The van der Waals surface area contributed by atoms with Gasteiger partial charge in [-0.2, -0.15) is 0 Å². The molecule has 1 aliphatic heterocycles. The number of fused-ring (bicyclic) bond motifs is 1. The van der Waals surface area contributed by atoms with E-state index in [0.29, 0.717) is 12.8 Å². The predicted molar refractivity (Wildman–Crippen MR) is 44.6 cm³/mol. The third-order valence-corrected chi connectivity index (χ3v) is 3.08. The van der Waals surface area contributed by atoms with E-state index >= 15 is 0 Å². The van der Waals surface area contributed by atoms with Gasteiger partial charge in [0.1, 0.15) is 0 Å². The fraction of sp³-hybridized carbons (Fsp3) is 0.778. The van der Waals surface area contributed by atoms with E-state index in [1.165, 1.54) is 7.11 Å². The van der Waals surface area contributed by atoms with E-state index in [-0.39, 0.29) is 18.6 Å². The molecule has 2 rings (SSSR count). The largest absolute Gasteiger partial charge is 0.480 e. The molecule has 5 heteroatoms. The fourth-order valence-electron chi connectivity index (χ4n) is 2.11. The van der Waals surface area contributed by atoms with Crippen molar-refractivity contribution in [3.8, 4) is 0 Å².